The van der Waals surface area contributed by atoms with Crippen LogP contribution in [-0.2, 0) is 13.2 Å². The fourth-order valence-corrected chi connectivity index (χ4v) is 2.96. The van der Waals surface area contributed by atoms with Gasteiger partial charge in [0.15, 0.2) is 11.5 Å². The summed E-state index contributed by atoms with van der Waals surface area (Å²) in [6.07, 6.45) is 3.68. The minimum atomic E-state index is 0.470. The highest BCUT2D eigenvalue weighted by molar-refractivity contribution is 6.32. The second-order valence-corrected chi connectivity index (χ2v) is 6.62. The number of aryl methyl sites for hydroxylation is 1. The number of benzene rings is 2. The van der Waals surface area contributed by atoms with Crippen LogP contribution in [0.25, 0.3) is 0 Å². The van der Waals surface area contributed by atoms with Gasteiger partial charge in [0.2, 0.25) is 0 Å². The summed E-state index contributed by atoms with van der Waals surface area (Å²) < 4.78 is 11.5. The van der Waals surface area contributed by atoms with Crippen LogP contribution < -0.4 is 14.8 Å². The number of halogens is 1. The summed E-state index contributed by atoms with van der Waals surface area (Å²) in [7, 11) is 1.64. The maximum absolute atomic E-state index is 6.45. The summed E-state index contributed by atoms with van der Waals surface area (Å²) in [5.74, 6) is 1.27. The Hall–Kier alpha value is -1.71. The molecule has 0 saturated carbocycles. The van der Waals surface area contributed by atoms with Gasteiger partial charge in [-0.05, 0) is 48.7 Å². The van der Waals surface area contributed by atoms with Gasteiger partial charge >= 0.3 is 0 Å². The van der Waals surface area contributed by atoms with Gasteiger partial charge in [0.05, 0.1) is 12.1 Å². The van der Waals surface area contributed by atoms with Crippen LogP contribution in [0.3, 0.4) is 0 Å². The van der Waals surface area contributed by atoms with Crippen LogP contribution in [0.4, 0.5) is 0 Å². The molecule has 136 valence electrons. The summed E-state index contributed by atoms with van der Waals surface area (Å²) in [6.45, 7) is 6.54. The lowest BCUT2D eigenvalue weighted by atomic mass is 10.1. The van der Waals surface area contributed by atoms with Crippen LogP contribution in [0.2, 0.25) is 5.02 Å². The van der Waals surface area contributed by atoms with Crippen molar-refractivity contribution in [3.8, 4) is 11.5 Å². The molecule has 0 heterocycles. The van der Waals surface area contributed by atoms with E-state index in [4.69, 9.17) is 21.1 Å². The molecule has 4 heteroatoms. The summed E-state index contributed by atoms with van der Waals surface area (Å²) in [5.41, 5.74) is 3.44. The summed E-state index contributed by atoms with van der Waals surface area (Å²) in [6, 6.07) is 12.1. The average molecular weight is 362 g/mol. The summed E-state index contributed by atoms with van der Waals surface area (Å²) in [5, 5.41) is 4.03. The topological polar surface area (TPSA) is 30.5 Å². The first-order valence-electron chi connectivity index (χ1n) is 8.90. The molecule has 0 bridgehead atoms. The van der Waals surface area contributed by atoms with Crippen LogP contribution in [0.5, 0.6) is 11.5 Å². The van der Waals surface area contributed by atoms with Crippen molar-refractivity contribution in [2.75, 3.05) is 13.7 Å². The normalized spacial score (nSPS) is 10.7. The highest BCUT2D eigenvalue weighted by atomic mass is 35.5. The smallest absolute Gasteiger partial charge is 0.180 e. The zero-order chi connectivity index (χ0) is 18.1. The zero-order valence-corrected chi connectivity index (χ0v) is 16.2. The zero-order valence-electron chi connectivity index (χ0n) is 15.4. The predicted molar refractivity (Wildman–Crippen MR) is 105 cm³/mol. The third-order valence-electron chi connectivity index (χ3n) is 4.21. The number of ether oxygens (including phenoxy) is 2. The van der Waals surface area contributed by atoms with E-state index >= 15 is 0 Å². The number of unbranched alkanes of at least 4 members (excludes halogenated alkanes) is 2. The Balaban J connectivity index is 2.02. The van der Waals surface area contributed by atoms with Crippen molar-refractivity contribution in [2.45, 2.75) is 46.3 Å². The van der Waals surface area contributed by atoms with Gasteiger partial charge in [-0.2, -0.15) is 0 Å². The van der Waals surface area contributed by atoms with Crippen LogP contribution >= 0.6 is 11.6 Å². The third-order valence-corrected chi connectivity index (χ3v) is 4.49. The highest BCUT2D eigenvalue weighted by Gasteiger charge is 2.12. The van der Waals surface area contributed by atoms with Gasteiger partial charge in [-0.25, -0.2) is 0 Å². The lowest BCUT2D eigenvalue weighted by Crippen LogP contribution is -2.14. The quantitative estimate of drug-likeness (QED) is 0.565. The van der Waals surface area contributed by atoms with Gasteiger partial charge in [-0.1, -0.05) is 55.6 Å². The number of hydrogen-bond acceptors (Lipinski definition) is 3. The van der Waals surface area contributed by atoms with Gasteiger partial charge in [-0.3, -0.25) is 0 Å². The molecule has 0 atom stereocenters. The van der Waals surface area contributed by atoms with E-state index in [1.165, 1.54) is 24.8 Å². The van der Waals surface area contributed by atoms with Crippen molar-refractivity contribution in [2.24, 2.45) is 0 Å². The van der Waals surface area contributed by atoms with Crippen LogP contribution in [0.15, 0.2) is 36.4 Å². The largest absolute Gasteiger partial charge is 0.493 e. The van der Waals surface area contributed by atoms with E-state index in [1.54, 1.807) is 7.11 Å². The second kappa shape index (κ2) is 10.3. The Kier molecular flexibility index (Phi) is 8.10. The fourth-order valence-electron chi connectivity index (χ4n) is 2.67. The van der Waals surface area contributed by atoms with Gasteiger partial charge in [0.25, 0.3) is 0 Å². The van der Waals surface area contributed by atoms with E-state index in [0.29, 0.717) is 23.1 Å². The monoisotopic (exact) mass is 361 g/mol. The standard InChI is InChI=1S/C21H28ClNO2/c1-4-5-8-11-23-14-17-12-19(22)21(20(13-17)24-3)25-15-18-10-7-6-9-16(18)2/h6-7,9-10,12-13,23H,4-5,8,11,14-15H2,1-3H3. The van der Waals surface area contributed by atoms with Crippen LogP contribution in [0.1, 0.15) is 42.9 Å². The van der Waals surface area contributed by atoms with Crippen molar-refractivity contribution >= 4 is 11.6 Å². The number of nitrogens with one attached hydrogen (secondary N) is 1. The number of hydrogen-bond donors (Lipinski definition) is 1. The lowest BCUT2D eigenvalue weighted by Gasteiger charge is -2.15. The Morgan fingerprint density at radius 3 is 2.64 bits per heavy atom. The molecule has 0 saturated heterocycles. The summed E-state index contributed by atoms with van der Waals surface area (Å²) in [4.78, 5) is 0. The van der Waals surface area contributed by atoms with Crippen molar-refractivity contribution in [3.63, 3.8) is 0 Å². The predicted octanol–water partition coefficient (Wildman–Crippen LogP) is 5.52. The SMILES string of the molecule is CCCCCNCc1cc(Cl)c(OCc2ccccc2C)c(OC)c1. The minimum Gasteiger partial charge on any atom is -0.493 e. The second-order valence-electron chi connectivity index (χ2n) is 6.21. The molecule has 2 rings (SSSR count). The Bertz CT molecular complexity index is 673. The third kappa shape index (κ3) is 5.94. The maximum atomic E-state index is 6.45. The first-order valence-corrected chi connectivity index (χ1v) is 9.28. The van der Waals surface area contributed by atoms with Gasteiger partial charge in [0.1, 0.15) is 6.61 Å². The van der Waals surface area contributed by atoms with Crippen molar-refractivity contribution in [1.82, 2.24) is 5.32 Å². The van der Waals surface area contributed by atoms with E-state index in [0.717, 1.165) is 24.2 Å². The Morgan fingerprint density at radius 2 is 1.92 bits per heavy atom. The minimum absolute atomic E-state index is 0.470. The van der Waals surface area contributed by atoms with Gasteiger partial charge in [-0.15, -0.1) is 0 Å². The van der Waals surface area contributed by atoms with E-state index in [2.05, 4.69) is 31.3 Å². The molecule has 0 aromatic heterocycles. The first kappa shape index (κ1) is 19.6. The molecule has 0 amide bonds. The maximum Gasteiger partial charge on any atom is 0.180 e. The van der Waals surface area contributed by atoms with Crippen molar-refractivity contribution < 1.29 is 9.47 Å². The molecule has 1 N–H and O–H groups in total. The highest BCUT2D eigenvalue weighted by Crippen LogP contribution is 2.37. The molecule has 0 radical (unpaired) electrons. The Labute approximate surface area is 156 Å². The number of methoxy groups -OCH3 is 1. The summed E-state index contributed by atoms with van der Waals surface area (Å²) >= 11 is 6.45. The Morgan fingerprint density at radius 1 is 1.12 bits per heavy atom. The van der Waals surface area contributed by atoms with Gasteiger partial charge in [0, 0.05) is 6.54 Å². The molecular weight excluding hydrogens is 334 g/mol. The average Bonchev–Trinajstić information content (AvgIpc) is 2.61. The molecule has 25 heavy (non-hydrogen) atoms. The van der Waals surface area contributed by atoms with Crippen molar-refractivity contribution in [3.05, 3.63) is 58.1 Å². The molecule has 0 spiro atoms. The van der Waals surface area contributed by atoms with E-state index in [9.17, 15) is 0 Å². The van der Waals surface area contributed by atoms with Gasteiger partial charge < -0.3 is 14.8 Å². The molecular formula is C21H28ClNO2. The van der Waals surface area contributed by atoms with Crippen LogP contribution in [-0.4, -0.2) is 13.7 Å². The molecule has 3 nitrogen and oxygen atoms in total. The molecule has 0 aliphatic heterocycles. The fraction of sp³-hybridized carbons (Fsp3) is 0.429. The number of rotatable bonds is 10. The molecule has 0 aliphatic rings. The van der Waals surface area contributed by atoms with E-state index in [-0.39, 0.29) is 0 Å². The molecule has 2 aromatic rings. The van der Waals surface area contributed by atoms with E-state index in [1.807, 2.05) is 24.3 Å². The molecule has 0 unspecified atom stereocenters. The lowest BCUT2D eigenvalue weighted by molar-refractivity contribution is 0.284. The molecule has 0 aliphatic carbocycles. The van der Waals surface area contributed by atoms with E-state index < -0.39 is 0 Å². The first-order chi connectivity index (χ1) is 12.2. The molecule has 0 fully saturated rings. The van der Waals surface area contributed by atoms with Crippen LogP contribution in [0, 0.1) is 6.92 Å². The molecule has 2 aromatic carbocycles. The van der Waals surface area contributed by atoms with Crippen molar-refractivity contribution in [1.29, 1.82) is 0 Å².